The number of carbonyl (C=O) groups is 1. The van der Waals surface area contributed by atoms with Crippen molar-refractivity contribution in [3.05, 3.63) is 35.4 Å². The van der Waals surface area contributed by atoms with Crippen LogP contribution in [0.3, 0.4) is 0 Å². The fraction of sp³-hybridized carbons (Fsp3) is 0.682. The van der Waals surface area contributed by atoms with E-state index < -0.39 is 0 Å². The Labute approximate surface area is 158 Å². The number of nitrogens with two attached hydrogens (primary N) is 1. The van der Waals surface area contributed by atoms with Crippen LogP contribution in [0.4, 0.5) is 0 Å². The SMILES string of the molecule is CC(C)(C)CNCCCN1[C@@H]2CC[C@H]1C[C@@H](c1cccc(C(N)=O)c1)C2. The predicted octanol–water partition coefficient (Wildman–Crippen LogP) is 3.52. The molecular weight excluding hydrogens is 322 g/mol. The van der Waals surface area contributed by atoms with Gasteiger partial charge in [0.05, 0.1) is 0 Å². The van der Waals surface area contributed by atoms with E-state index >= 15 is 0 Å². The zero-order valence-corrected chi connectivity index (χ0v) is 16.6. The average Bonchev–Trinajstić information content (AvgIpc) is 2.82. The smallest absolute Gasteiger partial charge is 0.248 e. The Morgan fingerprint density at radius 3 is 2.54 bits per heavy atom. The summed E-state index contributed by atoms with van der Waals surface area (Å²) in [6.45, 7) is 10.2. The van der Waals surface area contributed by atoms with E-state index in [1.165, 1.54) is 44.2 Å². The minimum absolute atomic E-state index is 0.324. The molecule has 144 valence electrons. The van der Waals surface area contributed by atoms with E-state index in [1.807, 2.05) is 18.2 Å². The van der Waals surface area contributed by atoms with Crippen molar-refractivity contribution < 1.29 is 4.79 Å². The Morgan fingerprint density at radius 2 is 1.92 bits per heavy atom. The average molecular weight is 358 g/mol. The quantitative estimate of drug-likeness (QED) is 0.734. The highest BCUT2D eigenvalue weighted by molar-refractivity contribution is 5.92. The minimum Gasteiger partial charge on any atom is -0.366 e. The number of fused-ring (bicyclic) bond motifs is 2. The van der Waals surface area contributed by atoms with Crippen LogP contribution in [0.25, 0.3) is 0 Å². The zero-order valence-electron chi connectivity index (χ0n) is 16.6. The van der Waals surface area contributed by atoms with E-state index in [-0.39, 0.29) is 5.91 Å². The summed E-state index contributed by atoms with van der Waals surface area (Å²) in [4.78, 5) is 14.2. The molecule has 4 nitrogen and oxygen atoms in total. The molecule has 2 aliphatic rings. The van der Waals surface area contributed by atoms with Crippen molar-refractivity contribution in [1.82, 2.24) is 10.2 Å². The third-order valence-electron chi connectivity index (χ3n) is 5.95. The van der Waals surface area contributed by atoms with Crippen LogP contribution in [0.15, 0.2) is 24.3 Å². The summed E-state index contributed by atoms with van der Waals surface area (Å²) in [6.07, 6.45) is 6.31. The standard InChI is InChI=1S/C22H35N3O/c1-22(2,3)15-24-10-5-11-25-19-8-9-20(25)14-18(13-19)16-6-4-7-17(12-16)21(23)26/h4,6-7,12,18-20,24H,5,8-11,13-15H2,1-3H3,(H2,23,26)/t18-,19+,20-. The molecule has 3 N–H and O–H groups in total. The Balaban J connectivity index is 1.51. The van der Waals surface area contributed by atoms with Crippen LogP contribution in [-0.4, -0.2) is 42.5 Å². The first-order valence-corrected chi connectivity index (χ1v) is 10.2. The number of primary amides is 1. The van der Waals surface area contributed by atoms with Crippen LogP contribution in [0.5, 0.6) is 0 Å². The van der Waals surface area contributed by atoms with Crippen LogP contribution < -0.4 is 11.1 Å². The van der Waals surface area contributed by atoms with Gasteiger partial charge in [0.15, 0.2) is 0 Å². The lowest BCUT2D eigenvalue weighted by molar-refractivity contribution is 0.1000. The van der Waals surface area contributed by atoms with Crippen molar-refractivity contribution in [2.45, 2.75) is 70.9 Å². The molecule has 0 aliphatic carbocycles. The molecular formula is C22H35N3O. The Bertz CT molecular complexity index is 608. The van der Waals surface area contributed by atoms with E-state index in [4.69, 9.17) is 5.73 Å². The van der Waals surface area contributed by atoms with Crippen molar-refractivity contribution in [2.24, 2.45) is 11.1 Å². The molecule has 3 rings (SSSR count). The van der Waals surface area contributed by atoms with Gasteiger partial charge in [-0.15, -0.1) is 0 Å². The molecule has 4 heteroatoms. The van der Waals surface area contributed by atoms with Crippen molar-refractivity contribution in [3.63, 3.8) is 0 Å². The number of hydrogen-bond acceptors (Lipinski definition) is 3. The second-order valence-corrected chi connectivity index (χ2v) is 9.37. The number of nitrogens with one attached hydrogen (secondary N) is 1. The Hall–Kier alpha value is -1.39. The molecule has 2 aliphatic heterocycles. The van der Waals surface area contributed by atoms with Gasteiger partial charge in [-0.05, 0) is 80.8 Å². The summed E-state index contributed by atoms with van der Waals surface area (Å²) in [7, 11) is 0. The summed E-state index contributed by atoms with van der Waals surface area (Å²) in [6, 6.07) is 9.39. The Morgan fingerprint density at radius 1 is 1.23 bits per heavy atom. The summed E-state index contributed by atoms with van der Waals surface area (Å²) >= 11 is 0. The van der Waals surface area contributed by atoms with Gasteiger partial charge in [-0.3, -0.25) is 9.69 Å². The molecule has 0 radical (unpaired) electrons. The predicted molar refractivity (Wildman–Crippen MR) is 107 cm³/mol. The second-order valence-electron chi connectivity index (χ2n) is 9.37. The van der Waals surface area contributed by atoms with Crippen molar-refractivity contribution >= 4 is 5.91 Å². The van der Waals surface area contributed by atoms with Gasteiger partial charge in [-0.25, -0.2) is 0 Å². The van der Waals surface area contributed by atoms with E-state index in [9.17, 15) is 4.79 Å². The molecule has 1 amide bonds. The van der Waals surface area contributed by atoms with Gasteiger partial charge in [-0.2, -0.15) is 0 Å². The van der Waals surface area contributed by atoms with Gasteiger partial charge in [0.1, 0.15) is 0 Å². The van der Waals surface area contributed by atoms with E-state index in [1.54, 1.807) is 0 Å². The molecule has 2 saturated heterocycles. The number of rotatable bonds is 7. The molecule has 2 fully saturated rings. The zero-order chi connectivity index (χ0) is 18.7. The van der Waals surface area contributed by atoms with Crippen molar-refractivity contribution in [3.8, 4) is 0 Å². The lowest BCUT2D eigenvalue weighted by Gasteiger charge is -2.39. The first kappa shape index (κ1) is 19.4. The number of carbonyl (C=O) groups excluding carboxylic acids is 1. The number of benzene rings is 1. The maximum atomic E-state index is 11.5. The molecule has 1 aromatic carbocycles. The lowest BCUT2D eigenvalue weighted by Crippen LogP contribution is -2.43. The van der Waals surface area contributed by atoms with Crippen molar-refractivity contribution in [2.75, 3.05) is 19.6 Å². The molecule has 0 spiro atoms. The van der Waals surface area contributed by atoms with Gasteiger partial charge in [-0.1, -0.05) is 32.9 Å². The number of hydrogen-bond donors (Lipinski definition) is 2. The molecule has 3 atom stereocenters. The number of piperidine rings is 1. The van der Waals surface area contributed by atoms with Gasteiger partial charge < -0.3 is 11.1 Å². The van der Waals surface area contributed by atoms with Crippen LogP contribution in [-0.2, 0) is 0 Å². The lowest BCUT2D eigenvalue weighted by atomic mass is 9.84. The first-order valence-electron chi connectivity index (χ1n) is 10.2. The second kappa shape index (κ2) is 8.10. The maximum Gasteiger partial charge on any atom is 0.248 e. The highest BCUT2D eigenvalue weighted by Crippen LogP contribution is 2.43. The third kappa shape index (κ3) is 4.86. The van der Waals surface area contributed by atoms with Crippen LogP contribution in [0.2, 0.25) is 0 Å². The minimum atomic E-state index is -0.324. The van der Waals surface area contributed by atoms with Crippen molar-refractivity contribution in [1.29, 1.82) is 0 Å². The molecule has 1 aromatic rings. The number of nitrogens with zero attached hydrogens (tertiary/aromatic N) is 1. The fourth-order valence-corrected chi connectivity index (χ4v) is 4.71. The summed E-state index contributed by atoms with van der Waals surface area (Å²) in [5.41, 5.74) is 7.75. The third-order valence-corrected chi connectivity index (χ3v) is 5.95. The molecule has 0 aromatic heterocycles. The van der Waals surface area contributed by atoms with Gasteiger partial charge in [0.2, 0.25) is 5.91 Å². The number of amides is 1. The van der Waals surface area contributed by atoms with Crippen LogP contribution in [0.1, 0.15) is 74.7 Å². The van der Waals surface area contributed by atoms with E-state index in [2.05, 4.69) is 37.1 Å². The topological polar surface area (TPSA) is 58.4 Å². The normalized spacial score (nSPS) is 26.2. The van der Waals surface area contributed by atoms with Gasteiger partial charge >= 0.3 is 0 Å². The van der Waals surface area contributed by atoms with E-state index in [0.29, 0.717) is 29.0 Å². The fourth-order valence-electron chi connectivity index (χ4n) is 4.71. The van der Waals surface area contributed by atoms with Gasteiger partial charge in [0, 0.05) is 17.6 Å². The highest BCUT2D eigenvalue weighted by atomic mass is 16.1. The van der Waals surface area contributed by atoms with Crippen LogP contribution in [0, 0.1) is 5.41 Å². The molecule has 0 unspecified atom stereocenters. The van der Waals surface area contributed by atoms with Gasteiger partial charge in [0.25, 0.3) is 0 Å². The molecule has 0 saturated carbocycles. The van der Waals surface area contributed by atoms with Crippen LogP contribution >= 0.6 is 0 Å². The maximum absolute atomic E-state index is 11.5. The first-order chi connectivity index (χ1) is 12.3. The molecule has 2 heterocycles. The Kier molecular flexibility index (Phi) is 6.03. The summed E-state index contributed by atoms with van der Waals surface area (Å²) < 4.78 is 0. The summed E-state index contributed by atoms with van der Waals surface area (Å²) in [5, 5.41) is 3.60. The molecule has 26 heavy (non-hydrogen) atoms. The largest absolute Gasteiger partial charge is 0.366 e. The summed E-state index contributed by atoms with van der Waals surface area (Å²) in [5.74, 6) is 0.247. The van der Waals surface area contributed by atoms with E-state index in [0.717, 1.165) is 13.1 Å². The molecule has 2 bridgehead atoms. The monoisotopic (exact) mass is 357 g/mol. The highest BCUT2D eigenvalue weighted by Gasteiger charge is 2.40.